The first-order valence-electron chi connectivity index (χ1n) is 14.8. The molecule has 9 heteroatoms. The predicted molar refractivity (Wildman–Crippen MR) is 182 cm³/mol. The molecule has 0 aliphatic heterocycles. The summed E-state index contributed by atoms with van der Waals surface area (Å²) in [5, 5.41) is 2.36. The number of anilines is 1. The number of fused-ring (bicyclic) bond motifs is 1. The topological polar surface area (TPSA) is 119 Å². The van der Waals surface area contributed by atoms with Crippen LogP contribution in [-0.2, 0) is 19.5 Å². The van der Waals surface area contributed by atoms with Gasteiger partial charge < -0.3 is 10.6 Å². The van der Waals surface area contributed by atoms with E-state index in [-0.39, 0.29) is 11.5 Å². The predicted octanol–water partition coefficient (Wildman–Crippen LogP) is 6.00. The van der Waals surface area contributed by atoms with E-state index in [0.717, 1.165) is 27.8 Å². The van der Waals surface area contributed by atoms with Crippen LogP contribution in [0.2, 0.25) is 0 Å². The van der Waals surface area contributed by atoms with Crippen molar-refractivity contribution in [2.24, 2.45) is 11.6 Å². The molecule has 226 valence electrons. The molecule has 2 aromatic heterocycles. The Hall–Kier alpha value is -4.93. The van der Waals surface area contributed by atoms with Gasteiger partial charge in [-0.3, -0.25) is 20.0 Å². The number of benzene rings is 4. The molecule has 0 aliphatic rings. The van der Waals surface area contributed by atoms with Gasteiger partial charge in [-0.1, -0.05) is 91.9 Å². The molecule has 1 unspecified atom stereocenters. The highest BCUT2D eigenvalue weighted by molar-refractivity contribution is 7.12. The Bertz CT molecular complexity index is 1990. The van der Waals surface area contributed by atoms with Crippen molar-refractivity contribution in [2.75, 3.05) is 4.90 Å². The van der Waals surface area contributed by atoms with Crippen LogP contribution < -0.4 is 27.5 Å². The molecule has 1 atom stereocenters. The minimum atomic E-state index is -0.496. The zero-order chi connectivity index (χ0) is 31.3. The number of carbonyl (C=O) groups is 1. The maximum atomic E-state index is 14.1. The molecular formula is C36H34N6O2S. The van der Waals surface area contributed by atoms with Gasteiger partial charge in [0.1, 0.15) is 5.82 Å². The molecule has 0 saturated heterocycles. The number of nitrogens with zero attached hydrogens (tertiary/aromatic N) is 3. The number of amides is 1. The number of nitrogens with one attached hydrogen (secondary N) is 1. The van der Waals surface area contributed by atoms with Gasteiger partial charge in [0.05, 0.1) is 35.0 Å². The first-order chi connectivity index (χ1) is 22.0. The van der Waals surface area contributed by atoms with Crippen molar-refractivity contribution in [1.82, 2.24) is 15.0 Å². The quantitative estimate of drug-likeness (QED) is 0.0989. The average molecular weight is 615 g/mol. The number of hydrogen-bond acceptors (Lipinski definition) is 7. The summed E-state index contributed by atoms with van der Waals surface area (Å²) in [6, 6.07) is 35.0. The number of hydrazine groups is 1. The molecule has 8 nitrogen and oxygen atoms in total. The normalized spacial score (nSPS) is 11.9. The molecule has 5 N–H and O–H groups in total. The van der Waals surface area contributed by atoms with E-state index in [1.54, 1.807) is 15.5 Å². The highest BCUT2D eigenvalue weighted by atomic mass is 32.1. The van der Waals surface area contributed by atoms with Gasteiger partial charge >= 0.3 is 0 Å². The van der Waals surface area contributed by atoms with Crippen molar-refractivity contribution >= 4 is 33.8 Å². The summed E-state index contributed by atoms with van der Waals surface area (Å²) in [6.45, 7) is 2.73. The number of carbonyl (C=O) groups excluding carboxylic acids is 1. The molecule has 4 aromatic carbocycles. The Morgan fingerprint density at radius 3 is 2.40 bits per heavy atom. The zero-order valence-corrected chi connectivity index (χ0v) is 25.7. The summed E-state index contributed by atoms with van der Waals surface area (Å²) in [6.07, 6.45) is 0.101. The van der Waals surface area contributed by atoms with Crippen LogP contribution in [0, 0.1) is 0 Å². The first kappa shape index (κ1) is 30.1. The molecule has 6 aromatic rings. The molecule has 45 heavy (non-hydrogen) atoms. The summed E-state index contributed by atoms with van der Waals surface area (Å²) < 4.78 is 1.73. The Labute approximate surface area is 265 Å². The van der Waals surface area contributed by atoms with Crippen LogP contribution in [0.4, 0.5) is 5.69 Å². The van der Waals surface area contributed by atoms with Crippen molar-refractivity contribution in [1.29, 1.82) is 0 Å². The van der Waals surface area contributed by atoms with Crippen molar-refractivity contribution in [2.45, 2.75) is 32.6 Å². The molecule has 1 amide bonds. The van der Waals surface area contributed by atoms with Gasteiger partial charge in [-0.15, -0.1) is 11.3 Å². The lowest BCUT2D eigenvalue weighted by atomic mass is 9.97. The molecule has 0 fully saturated rings. The molecule has 0 spiro atoms. The van der Waals surface area contributed by atoms with Crippen LogP contribution >= 0.6 is 11.3 Å². The van der Waals surface area contributed by atoms with Crippen molar-refractivity contribution < 1.29 is 4.79 Å². The summed E-state index contributed by atoms with van der Waals surface area (Å²) in [5.74, 6) is 6.19. The minimum Gasteiger partial charge on any atom is -0.311 e. The van der Waals surface area contributed by atoms with Crippen LogP contribution in [0.15, 0.2) is 119 Å². The van der Waals surface area contributed by atoms with Crippen LogP contribution in [0.1, 0.15) is 45.3 Å². The highest BCUT2D eigenvalue weighted by Gasteiger charge is 2.21. The van der Waals surface area contributed by atoms with Crippen molar-refractivity contribution in [3.8, 4) is 11.1 Å². The van der Waals surface area contributed by atoms with Crippen LogP contribution in [-0.4, -0.2) is 15.5 Å². The SMILES string of the molecule is CCc1nc2ccc(N(Cc3ccccc3)C(=O)c3cccs3)cc2c(=O)n1Cc1ccc(-c2ccccc2C(N)NN)cc1. The largest absolute Gasteiger partial charge is 0.311 e. The van der Waals surface area contributed by atoms with E-state index < -0.39 is 6.17 Å². The third-order valence-electron chi connectivity index (χ3n) is 7.89. The van der Waals surface area contributed by atoms with Crippen molar-refractivity contribution in [3.63, 3.8) is 0 Å². The van der Waals surface area contributed by atoms with E-state index >= 15 is 0 Å². The van der Waals surface area contributed by atoms with Crippen LogP contribution in [0.25, 0.3) is 22.0 Å². The fourth-order valence-electron chi connectivity index (χ4n) is 5.53. The van der Waals surface area contributed by atoms with Gasteiger partial charge in [-0.05, 0) is 57.5 Å². The second-order valence-electron chi connectivity index (χ2n) is 10.8. The first-order valence-corrected chi connectivity index (χ1v) is 15.7. The fraction of sp³-hybridized carbons (Fsp3) is 0.139. The number of aryl methyl sites for hydroxylation is 1. The third-order valence-corrected chi connectivity index (χ3v) is 8.74. The molecule has 6 rings (SSSR count). The Kier molecular flexibility index (Phi) is 8.95. The Morgan fingerprint density at radius 2 is 1.69 bits per heavy atom. The maximum absolute atomic E-state index is 14.1. The number of aromatic nitrogens is 2. The molecule has 0 aliphatic carbocycles. The molecular weight excluding hydrogens is 581 g/mol. The second kappa shape index (κ2) is 13.4. The zero-order valence-electron chi connectivity index (χ0n) is 24.9. The smallest absolute Gasteiger partial charge is 0.268 e. The fourth-order valence-corrected chi connectivity index (χ4v) is 6.20. The van der Waals surface area contributed by atoms with E-state index in [1.165, 1.54) is 11.3 Å². The van der Waals surface area contributed by atoms with E-state index in [1.807, 2.05) is 115 Å². The minimum absolute atomic E-state index is 0.114. The Morgan fingerprint density at radius 1 is 0.933 bits per heavy atom. The molecule has 0 bridgehead atoms. The van der Waals surface area contributed by atoms with Gasteiger partial charge in [0, 0.05) is 12.1 Å². The van der Waals surface area contributed by atoms with E-state index in [0.29, 0.717) is 46.8 Å². The van der Waals surface area contributed by atoms with Crippen LogP contribution in [0.5, 0.6) is 0 Å². The number of nitrogens with two attached hydrogens (primary N) is 2. The van der Waals surface area contributed by atoms with Gasteiger partial charge in [-0.25, -0.2) is 10.4 Å². The van der Waals surface area contributed by atoms with Gasteiger partial charge in [-0.2, -0.15) is 0 Å². The van der Waals surface area contributed by atoms with Crippen LogP contribution in [0.3, 0.4) is 0 Å². The summed E-state index contributed by atoms with van der Waals surface area (Å²) in [4.78, 5) is 35.0. The monoisotopic (exact) mass is 614 g/mol. The lowest BCUT2D eigenvalue weighted by molar-refractivity contribution is 0.0989. The number of hydrogen-bond donors (Lipinski definition) is 3. The van der Waals surface area contributed by atoms with E-state index in [2.05, 4.69) is 5.43 Å². The second-order valence-corrected chi connectivity index (χ2v) is 11.7. The average Bonchev–Trinajstić information content (AvgIpc) is 3.64. The number of thiophene rings is 1. The van der Waals surface area contributed by atoms with Gasteiger partial charge in [0.2, 0.25) is 0 Å². The van der Waals surface area contributed by atoms with Gasteiger partial charge in [0.25, 0.3) is 11.5 Å². The molecule has 0 radical (unpaired) electrons. The lowest BCUT2D eigenvalue weighted by Crippen LogP contribution is -2.34. The standard InChI is InChI=1S/C36H34N6O2S/c1-2-33-39-31-19-18-27(41(22-24-9-4-3-5-10-24)36(44)32-13-8-20-45-32)21-30(31)35(43)42(33)23-25-14-16-26(17-15-25)28-11-6-7-12-29(28)34(37)40-38/h3-21,34,40H,2,22-23,37-38H2,1H3. The van der Waals surface area contributed by atoms with E-state index in [9.17, 15) is 9.59 Å². The maximum Gasteiger partial charge on any atom is 0.268 e. The Balaban J connectivity index is 1.36. The molecule has 0 saturated carbocycles. The van der Waals surface area contributed by atoms with E-state index in [4.69, 9.17) is 16.6 Å². The summed E-state index contributed by atoms with van der Waals surface area (Å²) in [7, 11) is 0. The highest BCUT2D eigenvalue weighted by Crippen LogP contribution is 2.28. The van der Waals surface area contributed by atoms with Crippen molar-refractivity contribution in [3.05, 3.63) is 152 Å². The van der Waals surface area contributed by atoms with Gasteiger partial charge in [0.15, 0.2) is 0 Å². The lowest BCUT2D eigenvalue weighted by Gasteiger charge is -2.23. The summed E-state index contributed by atoms with van der Waals surface area (Å²) in [5.41, 5.74) is 14.7. The summed E-state index contributed by atoms with van der Waals surface area (Å²) >= 11 is 1.40. The molecule has 2 heterocycles. The third kappa shape index (κ3) is 6.33. The number of rotatable bonds is 10.